The predicted octanol–water partition coefficient (Wildman–Crippen LogP) is 0.991. The van der Waals surface area contributed by atoms with E-state index >= 15 is 0 Å². The third kappa shape index (κ3) is 6.04. The molecule has 0 atom stereocenters. The van der Waals surface area contributed by atoms with E-state index in [4.69, 9.17) is 18.6 Å². The number of fused-ring (bicyclic) bond motifs is 2. The third-order valence-electron chi connectivity index (χ3n) is 3.25. The first-order chi connectivity index (χ1) is 11.7. The molecule has 0 saturated heterocycles. The van der Waals surface area contributed by atoms with Crippen LogP contribution in [0.2, 0.25) is 0 Å². The summed E-state index contributed by atoms with van der Waals surface area (Å²) in [5, 5.41) is 0. The minimum atomic E-state index is -4.94. The molecule has 0 spiro atoms. The highest BCUT2D eigenvalue weighted by atomic mass is 35.7. The lowest BCUT2D eigenvalue weighted by atomic mass is 10.2. The van der Waals surface area contributed by atoms with Crippen LogP contribution in [0, 0.1) is 16.2 Å². The largest absolute Gasteiger partial charge is 0.222 e. The Morgan fingerprint density at radius 3 is 1.72 bits per heavy atom. The third-order valence-corrected chi connectivity index (χ3v) is 7.03. The summed E-state index contributed by atoms with van der Waals surface area (Å²) in [6, 6.07) is 17.7. The van der Waals surface area contributed by atoms with Gasteiger partial charge in [0.15, 0.2) is 9.79 Å². The molecule has 0 N–H and O–H groups in total. The van der Waals surface area contributed by atoms with Gasteiger partial charge >= 0.3 is 0 Å². The maximum Gasteiger partial charge on any atom is 0.180 e. The summed E-state index contributed by atoms with van der Waals surface area (Å²) in [5.41, 5.74) is 0. The Balaban J connectivity index is 0.000000399. The molecule has 0 aromatic heterocycles. The van der Waals surface area contributed by atoms with Crippen molar-refractivity contribution in [2.75, 3.05) is 0 Å². The fourth-order valence-electron chi connectivity index (χ4n) is 2.53. The van der Waals surface area contributed by atoms with Crippen molar-refractivity contribution in [2.45, 2.75) is 40.4 Å². The standard InChI is InChI=1S/C18H19S2.ClHO4/c1-13(2)12-14(3)20-17-10-6-4-8-15(17)19-16-9-5-7-11-18(16)20;2-1(3,4)5/h4-13H,1-3H3;(H,2,3,4,5)/q+1;/p-1/b14-12-;. The van der Waals surface area contributed by atoms with E-state index in [0.717, 1.165) is 0 Å². The van der Waals surface area contributed by atoms with E-state index < -0.39 is 10.2 Å². The Kier molecular flexibility index (Phi) is 6.99. The van der Waals surface area contributed by atoms with Crippen molar-refractivity contribution in [1.29, 1.82) is 0 Å². The topological polar surface area (TPSA) is 92.2 Å². The molecule has 1 heterocycles. The first-order valence-electron chi connectivity index (χ1n) is 7.57. The second kappa shape index (κ2) is 8.60. The van der Waals surface area contributed by atoms with E-state index in [2.05, 4.69) is 75.4 Å². The average Bonchev–Trinajstić information content (AvgIpc) is 2.50. The van der Waals surface area contributed by atoms with Crippen LogP contribution in [-0.4, -0.2) is 0 Å². The molecule has 0 fully saturated rings. The van der Waals surface area contributed by atoms with Crippen LogP contribution in [0.4, 0.5) is 0 Å². The second-order valence-electron chi connectivity index (χ2n) is 5.70. The highest BCUT2D eigenvalue weighted by molar-refractivity contribution is 8.05. The van der Waals surface area contributed by atoms with Gasteiger partial charge in [0.05, 0.1) is 20.7 Å². The Hall–Kier alpha value is -0.990. The molecule has 0 aliphatic carbocycles. The van der Waals surface area contributed by atoms with Crippen molar-refractivity contribution < 1.29 is 28.9 Å². The van der Waals surface area contributed by atoms with Crippen LogP contribution in [0.1, 0.15) is 20.8 Å². The van der Waals surface area contributed by atoms with Gasteiger partial charge in [-0.15, -0.1) is 10.2 Å². The van der Waals surface area contributed by atoms with E-state index in [0.29, 0.717) is 5.92 Å². The molecule has 2 aromatic carbocycles. The monoisotopic (exact) mass is 398 g/mol. The number of allylic oxidation sites excluding steroid dienone is 2. The van der Waals surface area contributed by atoms with E-state index in [1.165, 1.54) is 24.5 Å². The highest BCUT2D eigenvalue weighted by Gasteiger charge is 2.37. The molecule has 0 bridgehead atoms. The first kappa shape index (κ1) is 20.3. The zero-order chi connectivity index (χ0) is 18.6. The van der Waals surface area contributed by atoms with Gasteiger partial charge in [0, 0.05) is 6.92 Å². The quantitative estimate of drug-likeness (QED) is 0.703. The molecule has 7 heteroatoms. The lowest BCUT2D eigenvalue weighted by molar-refractivity contribution is -2.00. The lowest BCUT2D eigenvalue weighted by Gasteiger charge is -2.19. The van der Waals surface area contributed by atoms with Crippen LogP contribution in [-0.2, 0) is 10.9 Å². The maximum absolute atomic E-state index is 8.49. The van der Waals surface area contributed by atoms with Crippen LogP contribution in [0.25, 0.3) is 0 Å². The van der Waals surface area contributed by atoms with Crippen molar-refractivity contribution in [1.82, 2.24) is 0 Å². The maximum atomic E-state index is 8.49. The van der Waals surface area contributed by atoms with Crippen molar-refractivity contribution in [3.05, 3.63) is 59.5 Å². The smallest absolute Gasteiger partial charge is 0.180 e. The van der Waals surface area contributed by atoms with Gasteiger partial charge in [-0.2, -0.15) is 0 Å². The number of rotatable bonds is 2. The molecule has 0 radical (unpaired) electrons. The second-order valence-corrected chi connectivity index (χ2v) is 9.68. The van der Waals surface area contributed by atoms with Crippen molar-refractivity contribution >= 4 is 22.7 Å². The lowest BCUT2D eigenvalue weighted by Crippen LogP contribution is -2.68. The van der Waals surface area contributed by atoms with Crippen LogP contribution in [0.3, 0.4) is 0 Å². The molecule has 0 unspecified atom stereocenters. The Labute approximate surface area is 157 Å². The van der Waals surface area contributed by atoms with Crippen molar-refractivity contribution in [3.63, 3.8) is 0 Å². The molecule has 4 nitrogen and oxygen atoms in total. The van der Waals surface area contributed by atoms with E-state index in [9.17, 15) is 0 Å². The average molecular weight is 399 g/mol. The zero-order valence-corrected chi connectivity index (χ0v) is 16.5. The fraction of sp³-hybridized carbons (Fsp3) is 0.222. The molecule has 25 heavy (non-hydrogen) atoms. The predicted molar refractivity (Wildman–Crippen MR) is 89.5 cm³/mol. The van der Waals surface area contributed by atoms with Gasteiger partial charge in [0.2, 0.25) is 0 Å². The highest BCUT2D eigenvalue weighted by Crippen LogP contribution is 2.47. The Morgan fingerprint density at radius 2 is 1.32 bits per heavy atom. The van der Waals surface area contributed by atoms with Gasteiger partial charge in [-0.3, -0.25) is 0 Å². The molecule has 3 rings (SSSR count). The number of hydrogen-bond donors (Lipinski definition) is 0. The Morgan fingerprint density at radius 1 is 0.920 bits per heavy atom. The summed E-state index contributed by atoms with van der Waals surface area (Å²) in [6.07, 6.45) is 2.41. The molecule has 134 valence electrons. The van der Waals surface area contributed by atoms with E-state index in [1.807, 2.05) is 11.8 Å². The zero-order valence-electron chi connectivity index (χ0n) is 14.1. The molecular formula is C18H19ClO4S2. The van der Waals surface area contributed by atoms with Gasteiger partial charge in [-0.1, -0.05) is 49.9 Å². The fourth-order valence-corrected chi connectivity index (χ4v) is 6.45. The van der Waals surface area contributed by atoms with Gasteiger partial charge < -0.3 is 0 Å². The summed E-state index contributed by atoms with van der Waals surface area (Å²) < 4.78 is 34.0. The van der Waals surface area contributed by atoms with E-state index in [1.54, 1.807) is 0 Å². The molecular weight excluding hydrogens is 380 g/mol. The molecule has 1 aliphatic rings. The molecule has 2 aromatic rings. The van der Waals surface area contributed by atoms with Crippen molar-refractivity contribution in [2.24, 2.45) is 5.92 Å². The summed E-state index contributed by atoms with van der Waals surface area (Å²) in [4.78, 5) is 7.26. The van der Waals surface area contributed by atoms with Crippen LogP contribution in [0.5, 0.6) is 0 Å². The minimum Gasteiger partial charge on any atom is -0.222 e. The van der Waals surface area contributed by atoms with Gasteiger partial charge in [0.1, 0.15) is 4.91 Å². The SMILES string of the molecule is C/C(=C/C(C)C)[S+]1c2ccccc2Sc2ccccc21.[O-][Cl+3]([O-])([O-])[O-]. The Bertz CT molecular complexity index is 705. The first-order valence-corrected chi connectivity index (χ1v) is 10.8. The van der Waals surface area contributed by atoms with Crippen molar-refractivity contribution in [3.8, 4) is 0 Å². The summed E-state index contributed by atoms with van der Waals surface area (Å²) in [6.45, 7) is 6.79. The number of halogens is 1. The van der Waals surface area contributed by atoms with E-state index in [-0.39, 0.29) is 10.9 Å². The molecule has 0 saturated carbocycles. The van der Waals surface area contributed by atoms with Gasteiger partial charge in [-0.25, -0.2) is 18.6 Å². The van der Waals surface area contributed by atoms with Crippen LogP contribution >= 0.6 is 11.8 Å². The summed E-state index contributed by atoms with van der Waals surface area (Å²) >= 11 is 1.90. The van der Waals surface area contributed by atoms with Gasteiger partial charge in [-0.05, 0) is 36.3 Å². The number of hydrogen-bond acceptors (Lipinski definition) is 5. The normalized spacial score (nSPS) is 14.5. The van der Waals surface area contributed by atoms with Gasteiger partial charge in [0.25, 0.3) is 0 Å². The summed E-state index contributed by atoms with van der Waals surface area (Å²) in [5.74, 6) is 0.594. The summed E-state index contributed by atoms with van der Waals surface area (Å²) in [7, 11) is -4.86. The molecule has 0 amide bonds. The number of benzene rings is 2. The van der Waals surface area contributed by atoms with Crippen LogP contribution in [0.15, 0.2) is 79.1 Å². The van der Waals surface area contributed by atoms with Crippen LogP contribution < -0.4 is 18.6 Å². The molecule has 1 aliphatic heterocycles. The minimum absolute atomic E-state index is 0.0804.